The van der Waals surface area contributed by atoms with Crippen molar-refractivity contribution in [3.05, 3.63) is 64.8 Å². The predicted octanol–water partition coefficient (Wildman–Crippen LogP) is 3.90. The molecule has 0 aromatic heterocycles. The van der Waals surface area contributed by atoms with Crippen molar-refractivity contribution in [3.63, 3.8) is 0 Å². The Labute approximate surface area is 206 Å². The summed E-state index contributed by atoms with van der Waals surface area (Å²) in [6.45, 7) is -0.726. The lowest BCUT2D eigenvalue weighted by molar-refractivity contribution is 0.0651. The van der Waals surface area contributed by atoms with Crippen molar-refractivity contribution >= 4 is 29.3 Å². The van der Waals surface area contributed by atoms with Crippen LogP contribution in [-0.4, -0.2) is 62.1 Å². The van der Waals surface area contributed by atoms with Gasteiger partial charge in [0.15, 0.2) is 6.10 Å². The van der Waals surface area contributed by atoms with Gasteiger partial charge in [0, 0.05) is 37.3 Å². The first kappa shape index (κ1) is 26.0. The fraction of sp³-hybridized carbons (Fsp3) is 0.292. The maximum Gasteiger partial charge on any atom is 0.279 e. The van der Waals surface area contributed by atoms with Crippen LogP contribution in [0.2, 0.25) is 5.02 Å². The van der Waals surface area contributed by atoms with Gasteiger partial charge in [-0.1, -0.05) is 11.6 Å². The number of likely N-dealkylation sites (tertiary alicyclic amines) is 1. The Hall–Kier alpha value is -3.66. The van der Waals surface area contributed by atoms with Crippen molar-refractivity contribution in [2.24, 2.45) is 10.7 Å². The first-order chi connectivity index (χ1) is 16.8. The molecule has 8 nitrogen and oxygen atoms in total. The molecule has 0 bridgehead atoms. The van der Waals surface area contributed by atoms with E-state index < -0.39 is 25.4 Å². The van der Waals surface area contributed by atoms with E-state index in [2.05, 4.69) is 10.3 Å². The lowest BCUT2D eigenvalue weighted by atomic mass is 10.1. The minimum absolute atomic E-state index is 0.00797. The molecule has 0 unspecified atom stereocenters. The van der Waals surface area contributed by atoms with E-state index >= 15 is 0 Å². The number of alkyl halides is 2. The Bertz CT molecular complexity index is 1130. The Kier molecular flexibility index (Phi) is 9.02. The van der Waals surface area contributed by atoms with Crippen LogP contribution in [0.1, 0.15) is 27.1 Å². The Morgan fingerprint density at radius 3 is 2.49 bits per heavy atom. The summed E-state index contributed by atoms with van der Waals surface area (Å²) >= 11 is 6.33. The van der Waals surface area contributed by atoms with Crippen LogP contribution in [0.25, 0.3) is 0 Å². The number of hydrogen-bond acceptors (Lipinski definition) is 5. The van der Waals surface area contributed by atoms with Crippen LogP contribution in [-0.2, 0) is 0 Å². The van der Waals surface area contributed by atoms with Gasteiger partial charge in [0.1, 0.15) is 36.4 Å². The number of rotatable bonds is 10. The molecule has 186 valence electrons. The first-order valence-corrected chi connectivity index (χ1v) is 11.1. The van der Waals surface area contributed by atoms with Gasteiger partial charge in [0.2, 0.25) is 0 Å². The number of halogens is 3. The third-order valence-electron chi connectivity index (χ3n) is 4.98. The van der Waals surface area contributed by atoms with Gasteiger partial charge >= 0.3 is 0 Å². The summed E-state index contributed by atoms with van der Waals surface area (Å²) in [4.78, 5) is 30.5. The van der Waals surface area contributed by atoms with Crippen molar-refractivity contribution in [2.75, 3.05) is 33.5 Å². The largest absolute Gasteiger partial charge is 0.485 e. The molecule has 35 heavy (non-hydrogen) atoms. The molecule has 2 aromatic carbocycles. The van der Waals surface area contributed by atoms with Crippen molar-refractivity contribution < 1.29 is 27.8 Å². The van der Waals surface area contributed by atoms with Crippen LogP contribution in [0, 0.1) is 0 Å². The number of amides is 2. The summed E-state index contributed by atoms with van der Waals surface area (Å²) in [6.07, 6.45) is 2.50. The minimum atomic E-state index is -1.35. The number of nitrogens with zero attached hydrogens (tertiary/aromatic N) is 2. The number of benzene rings is 2. The van der Waals surface area contributed by atoms with Crippen molar-refractivity contribution in [2.45, 2.75) is 12.5 Å². The number of nitrogens with two attached hydrogens (primary N) is 1. The standard InChI is InChI=1S/C24H25ClF2N4O4/c1-29-6-5-22(28)30-23(32)16-9-17(34-19(13-26)14-27)12-18(10-16)35-21-4-3-15(11-20(21)25)24(33)31-7-2-8-31/h3-6,9-12,19,29H,2,7-8,13-14H2,1H3,(H2,28,30,32)/b6-5-. The monoisotopic (exact) mass is 506 g/mol. The molecule has 1 heterocycles. The SMILES string of the molecule is CN/C=C\C(N)=NC(=O)c1cc(Oc2ccc(C(=O)N3CCC3)cc2Cl)cc(OC(CF)CF)c1. The molecule has 2 amide bonds. The normalized spacial score (nSPS) is 13.6. The molecule has 0 radical (unpaired) electrons. The van der Waals surface area contributed by atoms with Gasteiger partial charge in [-0.25, -0.2) is 8.78 Å². The lowest BCUT2D eigenvalue weighted by Crippen LogP contribution is -2.41. The van der Waals surface area contributed by atoms with E-state index in [1.807, 2.05) is 0 Å². The van der Waals surface area contributed by atoms with Gasteiger partial charge in [0.05, 0.1) is 5.02 Å². The second-order valence-electron chi connectivity index (χ2n) is 7.60. The molecule has 0 aliphatic carbocycles. The summed E-state index contributed by atoms with van der Waals surface area (Å²) < 4.78 is 37.2. The minimum Gasteiger partial charge on any atom is -0.485 e. The second-order valence-corrected chi connectivity index (χ2v) is 8.01. The fourth-order valence-electron chi connectivity index (χ4n) is 3.05. The lowest BCUT2D eigenvalue weighted by Gasteiger charge is -2.31. The topological polar surface area (TPSA) is 106 Å². The van der Waals surface area contributed by atoms with Crippen LogP contribution in [0.15, 0.2) is 53.7 Å². The number of carbonyl (C=O) groups excluding carboxylic acids is 2. The molecule has 1 fully saturated rings. The quantitative estimate of drug-likeness (QED) is 0.374. The average molecular weight is 507 g/mol. The van der Waals surface area contributed by atoms with E-state index in [-0.39, 0.29) is 39.6 Å². The molecular weight excluding hydrogens is 482 g/mol. The van der Waals surface area contributed by atoms with Crippen LogP contribution in [0.4, 0.5) is 8.78 Å². The van der Waals surface area contributed by atoms with Crippen molar-refractivity contribution in [1.29, 1.82) is 0 Å². The van der Waals surface area contributed by atoms with E-state index in [9.17, 15) is 18.4 Å². The van der Waals surface area contributed by atoms with Crippen LogP contribution < -0.4 is 20.5 Å². The molecule has 1 aliphatic heterocycles. The summed E-state index contributed by atoms with van der Waals surface area (Å²) in [7, 11) is 1.65. The molecule has 2 aromatic rings. The van der Waals surface area contributed by atoms with Gasteiger partial charge in [-0.05, 0) is 49.0 Å². The maximum atomic E-state index is 13.0. The number of carbonyl (C=O) groups is 2. The molecule has 0 atom stereocenters. The summed E-state index contributed by atoms with van der Waals surface area (Å²) in [6, 6.07) is 8.60. The number of aliphatic imine (C=N–C) groups is 1. The fourth-order valence-corrected chi connectivity index (χ4v) is 3.27. The number of hydrogen-bond donors (Lipinski definition) is 2. The highest BCUT2D eigenvalue weighted by atomic mass is 35.5. The van der Waals surface area contributed by atoms with Crippen molar-refractivity contribution in [3.8, 4) is 17.2 Å². The maximum absolute atomic E-state index is 13.0. The molecule has 1 aliphatic rings. The Balaban J connectivity index is 1.89. The van der Waals surface area contributed by atoms with E-state index in [0.29, 0.717) is 18.7 Å². The Morgan fingerprint density at radius 2 is 1.89 bits per heavy atom. The van der Waals surface area contributed by atoms with Gasteiger partial charge < -0.3 is 25.4 Å². The summed E-state index contributed by atoms with van der Waals surface area (Å²) in [5, 5.41) is 2.89. The molecule has 3 rings (SSSR count). The Morgan fingerprint density at radius 1 is 1.17 bits per heavy atom. The summed E-state index contributed by atoms with van der Waals surface area (Å²) in [5.74, 6) is -0.614. The first-order valence-electron chi connectivity index (χ1n) is 10.8. The number of ether oxygens (including phenoxy) is 2. The van der Waals surface area contributed by atoms with Gasteiger partial charge in [-0.3, -0.25) is 9.59 Å². The zero-order valence-corrected chi connectivity index (χ0v) is 19.7. The highest BCUT2D eigenvalue weighted by Crippen LogP contribution is 2.33. The van der Waals surface area contributed by atoms with E-state index in [4.69, 9.17) is 26.8 Å². The number of amidine groups is 1. The van der Waals surface area contributed by atoms with Crippen LogP contribution >= 0.6 is 11.6 Å². The average Bonchev–Trinajstić information content (AvgIpc) is 2.81. The van der Waals surface area contributed by atoms with Gasteiger partial charge in [-0.2, -0.15) is 4.99 Å². The third kappa shape index (κ3) is 6.92. The van der Waals surface area contributed by atoms with Crippen molar-refractivity contribution in [1.82, 2.24) is 10.2 Å². The molecule has 1 saturated heterocycles. The van der Waals surface area contributed by atoms with E-state index in [1.54, 1.807) is 18.0 Å². The molecular formula is C24H25ClF2N4O4. The number of nitrogens with one attached hydrogen (secondary N) is 1. The van der Waals surface area contributed by atoms with E-state index in [1.165, 1.54) is 42.6 Å². The smallest absolute Gasteiger partial charge is 0.279 e. The van der Waals surface area contributed by atoms with Crippen LogP contribution in [0.3, 0.4) is 0 Å². The third-order valence-corrected chi connectivity index (χ3v) is 5.27. The molecule has 0 saturated carbocycles. The van der Waals surface area contributed by atoms with Crippen LogP contribution in [0.5, 0.6) is 17.2 Å². The van der Waals surface area contributed by atoms with E-state index in [0.717, 1.165) is 6.42 Å². The summed E-state index contributed by atoms with van der Waals surface area (Å²) in [5.41, 5.74) is 6.14. The molecule has 11 heteroatoms. The highest BCUT2D eigenvalue weighted by Gasteiger charge is 2.22. The zero-order valence-electron chi connectivity index (χ0n) is 19.0. The second kappa shape index (κ2) is 12.2. The zero-order chi connectivity index (χ0) is 25.4. The van der Waals surface area contributed by atoms with Gasteiger partial charge in [-0.15, -0.1) is 0 Å². The molecule has 3 N–H and O–H groups in total. The highest BCUT2D eigenvalue weighted by molar-refractivity contribution is 6.32. The van der Waals surface area contributed by atoms with Gasteiger partial charge in [0.25, 0.3) is 11.8 Å². The molecule has 0 spiro atoms. The predicted molar refractivity (Wildman–Crippen MR) is 129 cm³/mol.